The van der Waals surface area contributed by atoms with Gasteiger partial charge in [0.15, 0.2) is 5.82 Å². The topological polar surface area (TPSA) is 63.4 Å². The van der Waals surface area contributed by atoms with E-state index in [2.05, 4.69) is 0 Å². The summed E-state index contributed by atoms with van der Waals surface area (Å²) in [6, 6.07) is 1.78. The highest BCUT2D eigenvalue weighted by Gasteiger charge is 2.33. The highest BCUT2D eigenvalue weighted by atomic mass is 32.2. The lowest BCUT2D eigenvalue weighted by atomic mass is 10.2. The van der Waals surface area contributed by atoms with Crippen molar-refractivity contribution in [2.24, 2.45) is 5.92 Å². The molecule has 0 spiro atoms. The van der Waals surface area contributed by atoms with Crippen LogP contribution in [0.15, 0.2) is 17.0 Å². The number of nitrogens with zero attached hydrogens (tertiary/aromatic N) is 1. The smallest absolute Gasteiger partial charge is 0.246 e. The van der Waals surface area contributed by atoms with E-state index in [1.165, 1.54) is 4.31 Å². The Morgan fingerprint density at radius 3 is 2.61 bits per heavy atom. The lowest BCUT2D eigenvalue weighted by Crippen LogP contribution is -2.29. The molecular formula is C11H14F2N2O2S. The fourth-order valence-electron chi connectivity index (χ4n) is 2.00. The van der Waals surface area contributed by atoms with Gasteiger partial charge in [-0.15, -0.1) is 0 Å². The molecule has 0 radical (unpaired) electrons. The number of hydrogen-bond acceptors (Lipinski definition) is 3. The van der Waals surface area contributed by atoms with Gasteiger partial charge in [-0.05, 0) is 24.5 Å². The number of sulfonamides is 1. The van der Waals surface area contributed by atoms with E-state index in [1.54, 1.807) is 0 Å². The van der Waals surface area contributed by atoms with Crippen LogP contribution in [0.25, 0.3) is 0 Å². The van der Waals surface area contributed by atoms with Crippen LogP contribution in [-0.2, 0) is 10.0 Å². The summed E-state index contributed by atoms with van der Waals surface area (Å²) in [7, 11) is -3.93. The minimum atomic E-state index is -3.93. The van der Waals surface area contributed by atoms with Gasteiger partial charge in [0.25, 0.3) is 0 Å². The summed E-state index contributed by atoms with van der Waals surface area (Å²) in [5.41, 5.74) is 4.41. The number of hydrogen-bond donors (Lipinski definition) is 1. The van der Waals surface area contributed by atoms with Crippen LogP contribution in [0.3, 0.4) is 0 Å². The average molecular weight is 276 g/mol. The molecule has 1 unspecified atom stereocenters. The molecule has 0 bridgehead atoms. The second kappa shape index (κ2) is 4.47. The van der Waals surface area contributed by atoms with E-state index in [1.807, 2.05) is 6.92 Å². The van der Waals surface area contributed by atoms with Crippen LogP contribution < -0.4 is 5.73 Å². The summed E-state index contributed by atoms with van der Waals surface area (Å²) < 4.78 is 52.3. The van der Waals surface area contributed by atoms with E-state index in [-0.39, 0.29) is 5.92 Å². The number of benzene rings is 1. The molecule has 1 atom stereocenters. The Bertz CT molecular complexity index is 575. The Hall–Kier alpha value is -1.21. The highest BCUT2D eigenvalue weighted by Crippen LogP contribution is 2.28. The van der Waals surface area contributed by atoms with E-state index in [0.717, 1.165) is 18.6 Å². The van der Waals surface area contributed by atoms with E-state index in [4.69, 9.17) is 5.73 Å². The van der Waals surface area contributed by atoms with Gasteiger partial charge < -0.3 is 5.73 Å². The molecule has 7 heteroatoms. The molecule has 2 N–H and O–H groups in total. The fourth-order valence-corrected chi connectivity index (χ4v) is 3.65. The van der Waals surface area contributed by atoms with Crippen molar-refractivity contribution in [2.45, 2.75) is 18.2 Å². The molecule has 1 aromatic carbocycles. The predicted molar refractivity (Wildman–Crippen MR) is 63.3 cm³/mol. The molecule has 100 valence electrons. The highest BCUT2D eigenvalue weighted by molar-refractivity contribution is 7.89. The van der Waals surface area contributed by atoms with E-state index in [9.17, 15) is 17.2 Å². The third kappa shape index (κ3) is 2.08. The maximum atomic E-state index is 13.7. The van der Waals surface area contributed by atoms with Crippen molar-refractivity contribution < 1.29 is 17.2 Å². The molecule has 0 aliphatic carbocycles. The molecular weight excluding hydrogens is 262 g/mol. The number of rotatable bonds is 2. The molecule has 0 saturated carbocycles. The van der Waals surface area contributed by atoms with Gasteiger partial charge in [0.05, 0.1) is 0 Å². The minimum absolute atomic E-state index is 0.237. The summed E-state index contributed by atoms with van der Waals surface area (Å²) in [4.78, 5) is -0.560. The zero-order valence-corrected chi connectivity index (χ0v) is 10.7. The SMILES string of the molecule is CC1CCN(S(=O)(=O)c2ccc(F)c(N)c2F)C1. The number of nitrogen functional groups attached to an aromatic ring is 1. The quantitative estimate of drug-likeness (QED) is 0.834. The monoisotopic (exact) mass is 276 g/mol. The predicted octanol–water partition coefficient (Wildman–Crippen LogP) is 1.58. The van der Waals surface area contributed by atoms with Crippen LogP contribution in [0.2, 0.25) is 0 Å². The molecule has 2 rings (SSSR count). The maximum absolute atomic E-state index is 13.7. The van der Waals surface area contributed by atoms with Crippen molar-refractivity contribution in [1.29, 1.82) is 0 Å². The van der Waals surface area contributed by atoms with Gasteiger partial charge in [-0.2, -0.15) is 4.31 Å². The van der Waals surface area contributed by atoms with Crippen LogP contribution in [0.4, 0.5) is 14.5 Å². The van der Waals surface area contributed by atoms with E-state index < -0.39 is 32.2 Å². The molecule has 0 aromatic heterocycles. The molecule has 1 aliphatic rings. The molecule has 1 saturated heterocycles. The average Bonchev–Trinajstić information content (AvgIpc) is 2.73. The van der Waals surface area contributed by atoms with Gasteiger partial charge in [-0.3, -0.25) is 0 Å². The van der Waals surface area contributed by atoms with Crippen LogP contribution in [0.5, 0.6) is 0 Å². The van der Waals surface area contributed by atoms with Crippen LogP contribution in [0, 0.1) is 17.6 Å². The van der Waals surface area contributed by atoms with Crippen LogP contribution >= 0.6 is 0 Å². The number of nitrogens with two attached hydrogens (primary N) is 1. The minimum Gasteiger partial charge on any atom is -0.394 e. The Morgan fingerprint density at radius 1 is 1.39 bits per heavy atom. The first-order valence-electron chi connectivity index (χ1n) is 5.57. The molecule has 1 aromatic rings. The molecule has 0 amide bonds. The van der Waals surface area contributed by atoms with Gasteiger partial charge in [-0.1, -0.05) is 6.92 Å². The van der Waals surface area contributed by atoms with Crippen LogP contribution in [0.1, 0.15) is 13.3 Å². The Morgan fingerprint density at radius 2 is 2.06 bits per heavy atom. The van der Waals surface area contributed by atoms with Crippen molar-refractivity contribution in [3.63, 3.8) is 0 Å². The normalized spacial score (nSPS) is 21.4. The van der Waals surface area contributed by atoms with E-state index in [0.29, 0.717) is 13.1 Å². The lowest BCUT2D eigenvalue weighted by molar-refractivity contribution is 0.457. The van der Waals surface area contributed by atoms with E-state index >= 15 is 0 Å². The number of halogens is 2. The molecule has 1 heterocycles. The Balaban J connectivity index is 2.45. The van der Waals surface area contributed by atoms with Gasteiger partial charge in [0, 0.05) is 13.1 Å². The second-order valence-electron chi connectivity index (χ2n) is 4.53. The first kappa shape index (κ1) is 13.2. The van der Waals surface area contributed by atoms with Gasteiger partial charge in [0.2, 0.25) is 10.0 Å². The second-order valence-corrected chi connectivity index (χ2v) is 6.44. The summed E-state index contributed by atoms with van der Waals surface area (Å²) in [5.74, 6) is -1.93. The third-order valence-electron chi connectivity index (χ3n) is 3.10. The first-order valence-corrected chi connectivity index (χ1v) is 7.01. The molecule has 1 fully saturated rings. The summed E-state index contributed by atoms with van der Waals surface area (Å²) in [6.07, 6.45) is 0.734. The Kier molecular flexibility index (Phi) is 3.29. The van der Waals surface area contributed by atoms with Gasteiger partial charge in [0.1, 0.15) is 16.4 Å². The third-order valence-corrected chi connectivity index (χ3v) is 4.98. The molecule has 4 nitrogen and oxygen atoms in total. The zero-order chi connectivity index (χ0) is 13.5. The van der Waals surface area contributed by atoms with Crippen molar-refractivity contribution in [3.05, 3.63) is 23.8 Å². The van der Waals surface area contributed by atoms with Gasteiger partial charge in [-0.25, -0.2) is 17.2 Å². The van der Waals surface area contributed by atoms with Crippen LogP contribution in [-0.4, -0.2) is 25.8 Å². The Labute approximate surface area is 104 Å². The van der Waals surface area contributed by atoms with Crippen molar-refractivity contribution >= 4 is 15.7 Å². The summed E-state index contributed by atoms with van der Waals surface area (Å²) >= 11 is 0. The first-order chi connectivity index (χ1) is 8.34. The fraction of sp³-hybridized carbons (Fsp3) is 0.455. The van der Waals surface area contributed by atoms with Crippen molar-refractivity contribution in [3.8, 4) is 0 Å². The van der Waals surface area contributed by atoms with Crippen molar-refractivity contribution in [1.82, 2.24) is 4.31 Å². The number of anilines is 1. The van der Waals surface area contributed by atoms with Gasteiger partial charge >= 0.3 is 0 Å². The molecule has 1 aliphatic heterocycles. The summed E-state index contributed by atoms with van der Waals surface area (Å²) in [6.45, 7) is 2.62. The summed E-state index contributed by atoms with van der Waals surface area (Å²) in [5, 5.41) is 0. The molecule has 18 heavy (non-hydrogen) atoms. The standard InChI is InChI=1S/C11H14F2N2O2S/c1-7-4-5-15(6-7)18(16,17)9-3-2-8(12)11(14)10(9)13/h2-3,7H,4-6,14H2,1H3. The zero-order valence-electron chi connectivity index (χ0n) is 9.86. The maximum Gasteiger partial charge on any atom is 0.246 e. The largest absolute Gasteiger partial charge is 0.394 e. The lowest BCUT2D eigenvalue weighted by Gasteiger charge is -2.17. The van der Waals surface area contributed by atoms with Crippen molar-refractivity contribution in [2.75, 3.05) is 18.8 Å².